The minimum atomic E-state index is -3.22. The minimum Gasteiger partial charge on any atom is -0.457 e. The van der Waals surface area contributed by atoms with Crippen molar-refractivity contribution < 1.29 is 57.5 Å². The van der Waals surface area contributed by atoms with E-state index in [0.29, 0.717) is 30.8 Å². The van der Waals surface area contributed by atoms with Crippen molar-refractivity contribution in [3.8, 4) is 5.69 Å². The highest BCUT2D eigenvalue weighted by atomic mass is 19.1. The number of ether oxygens (including phenoxy) is 5. The summed E-state index contributed by atoms with van der Waals surface area (Å²) in [7, 11) is 3.65. The molecule has 64 heavy (non-hydrogen) atoms. The van der Waals surface area contributed by atoms with Gasteiger partial charge in [0, 0.05) is 41.8 Å². The molecule has 0 radical (unpaired) electrons. The van der Waals surface area contributed by atoms with Gasteiger partial charge in [0.25, 0.3) is 5.67 Å². The van der Waals surface area contributed by atoms with Crippen molar-refractivity contribution in [2.75, 3.05) is 33.0 Å². The van der Waals surface area contributed by atoms with Gasteiger partial charge in [-0.15, -0.1) is 0 Å². The molecule has 18 heteroatoms. The minimum absolute atomic E-state index is 0.000139. The van der Waals surface area contributed by atoms with Crippen LogP contribution in [0.1, 0.15) is 93.1 Å². The third-order valence-electron chi connectivity index (χ3n) is 13.3. The number of nitrogen functional groups attached to an aromatic ring is 1. The van der Waals surface area contributed by atoms with Gasteiger partial charge in [-0.2, -0.15) is 5.10 Å². The predicted octanol–water partition coefficient (Wildman–Crippen LogP) is 4.37. The van der Waals surface area contributed by atoms with Crippen LogP contribution in [0.2, 0.25) is 0 Å². The van der Waals surface area contributed by atoms with Crippen LogP contribution in [0.4, 0.5) is 10.2 Å². The van der Waals surface area contributed by atoms with Crippen LogP contribution in [0.3, 0.4) is 0 Å². The molecule has 3 saturated heterocycles. The summed E-state index contributed by atoms with van der Waals surface area (Å²) in [6.07, 6.45) is -3.29. The maximum Gasteiger partial charge on any atom is 0.351 e. The van der Waals surface area contributed by atoms with E-state index in [1.165, 1.54) is 13.8 Å². The van der Waals surface area contributed by atoms with E-state index in [0.717, 1.165) is 18.2 Å². The van der Waals surface area contributed by atoms with Crippen LogP contribution < -0.4 is 5.73 Å². The molecular weight excluding hydrogens is 832 g/mol. The molecule has 4 aliphatic rings. The molecule has 4 heterocycles. The summed E-state index contributed by atoms with van der Waals surface area (Å²) in [5.74, 6) is -5.70. The van der Waals surface area contributed by atoms with E-state index < -0.39 is 83.1 Å². The number of hydrogen-bond acceptors (Lipinski definition) is 15. The number of nitrogens with zero attached hydrogens (tertiary/aromatic N) is 5. The number of esters is 1. The lowest BCUT2D eigenvalue weighted by atomic mass is 9.73. The lowest BCUT2D eigenvalue weighted by molar-refractivity contribution is -0.296. The summed E-state index contributed by atoms with van der Waals surface area (Å²) in [6, 6.07) is 8.70. The number of likely N-dealkylation sites (N-methyl/N-ethyl adjacent to an activating group) is 1. The standard InChI is InChI=1S/C46H67FN6O11/c1-11-34-46(8,58)40-27(4)36(49-41(56)30-14-15-30)25(2)21-44(6,60-24-31(23-59-40)51-61-22-29-12-16-32(17-13-29)53-19-18-35(48)50-53)39(28(5)38(55)45(7,47)43(57)63-34)64-42-37(54)33(52(9)10)20-26(3)62-42/h12-13,16-19,25-28,30,33-34,37,39-40,42,54,58H,11,14-15,20-24H2,1-10H3,(H2,48,50)/b49-36?,51-31+/t25-,26-,27+,28+,33+,34-,37-,39-,40+,42+,44-,45+,46-/m1/s1. The highest BCUT2D eigenvalue weighted by Gasteiger charge is 2.57. The number of carbonyl (C=O) groups excluding carboxylic acids is 3. The molecule has 1 aliphatic carbocycles. The lowest BCUT2D eigenvalue weighted by Gasteiger charge is -2.47. The van der Waals surface area contributed by atoms with Crippen LogP contribution in [0.25, 0.3) is 5.69 Å². The average Bonchev–Trinajstić information content (AvgIpc) is 4.01. The summed E-state index contributed by atoms with van der Waals surface area (Å²) in [5, 5.41) is 32.9. The first-order chi connectivity index (χ1) is 30.1. The molecule has 2 aromatic rings. The van der Waals surface area contributed by atoms with Crippen LogP contribution in [-0.2, 0) is 49.5 Å². The number of benzene rings is 1. The molecule has 1 amide bonds. The number of rotatable bonds is 9. The Morgan fingerprint density at radius 2 is 1.75 bits per heavy atom. The molecule has 17 nitrogen and oxygen atoms in total. The van der Waals surface area contributed by atoms with Crippen LogP contribution in [-0.4, -0.2) is 141 Å². The van der Waals surface area contributed by atoms with E-state index in [9.17, 15) is 24.6 Å². The molecule has 1 aromatic carbocycles. The second-order valence-electron chi connectivity index (χ2n) is 19.0. The Bertz CT molecular complexity index is 2040. The molecule has 1 aromatic heterocycles. The van der Waals surface area contributed by atoms with Gasteiger partial charge in [0.15, 0.2) is 12.1 Å². The van der Waals surface area contributed by atoms with Gasteiger partial charge in [0.2, 0.25) is 5.91 Å². The Labute approximate surface area is 374 Å². The van der Waals surface area contributed by atoms with Gasteiger partial charge in [-0.1, -0.05) is 45.0 Å². The molecule has 4 N–H and O–H groups in total. The summed E-state index contributed by atoms with van der Waals surface area (Å²) >= 11 is 0. The molecule has 0 unspecified atom stereocenters. The monoisotopic (exact) mass is 898 g/mol. The molecule has 13 atom stereocenters. The molecule has 6 rings (SSSR count). The van der Waals surface area contributed by atoms with Gasteiger partial charge in [-0.05, 0) is 97.5 Å². The van der Waals surface area contributed by atoms with Crippen molar-refractivity contribution in [3.63, 3.8) is 0 Å². The average molecular weight is 899 g/mol. The van der Waals surface area contributed by atoms with E-state index in [1.807, 2.05) is 57.1 Å². The number of hydrogen-bond donors (Lipinski definition) is 3. The largest absolute Gasteiger partial charge is 0.457 e. The fourth-order valence-corrected chi connectivity index (χ4v) is 9.40. The van der Waals surface area contributed by atoms with Gasteiger partial charge in [-0.3, -0.25) is 9.59 Å². The normalized spacial score (nSPS) is 38.3. The maximum atomic E-state index is 17.0. The summed E-state index contributed by atoms with van der Waals surface area (Å²) in [6.45, 7) is 12.0. The van der Waals surface area contributed by atoms with Crippen molar-refractivity contribution in [2.24, 2.45) is 33.8 Å². The molecule has 0 spiro atoms. The molecular formula is C46H67FN6O11. The van der Waals surface area contributed by atoms with Crippen molar-refractivity contribution in [2.45, 2.75) is 154 Å². The molecule has 4 fully saturated rings. The number of cyclic esters (lactones) is 1. The summed E-state index contributed by atoms with van der Waals surface area (Å²) in [4.78, 5) is 54.5. The zero-order valence-electron chi connectivity index (χ0n) is 38.7. The number of halogens is 1. The zero-order chi connectivity index (χ0) is 46.9. The highest BCUT2D eigenvalue weighted by Crippen LogP contribution is 2.41. The fraction of sp³-hybridized carbons (Fsp3) is 0.696. The number of alkyl halides is 1. The van der Waals surface area contributed by atoms with Gasteiger partial charge in [0.1, 0.15) is 35.9 Å². The SMILES string of the molecule is CC[C@H]1OC(=O)[C@@](C)(F)C(=O)[C@H](C)[C@@H](O[C@@H]2O[C@H](C)C[C@H](N(C)C)[C@H]2O)[C@@]2(C)C[C@@H](C)C(=NC(=O)C3CC3)[C@H](C)[C@H](OC/C(=N\OCc3ccc(-n4ccc(N)n4)cc3)CO2)[C@]1(C)O. The number of amides is 1. The lowest BCUT2D eigenvalue weighted by Crippen LogP contribution is -2.61. The maximum absolute atomic E-state index is 17.0. The number of fused-ring (bicyclic) bond motifs is 5. The first kappa shape index (κ1) is 49.3. The number of Topliss-reactive ketones (excluding diaryl/α,β-unsaturated/α-hetero) is 1. The number of aliphatic hydroxyl groups is 2. The number of carbonyl (C=O) groups is 3. The Balaban J connectivity index is 1.47. The molecule has 3 aliphatic heterocycles. The number of ketones is 1. The van der Waals surface area contributed by atoms with Crippen LogP contribution in [0.15, 0.2) is 46.7 Å². The van der Waals surface area contributed by atoms with Gasteiger partial charge in [-0.25, -0.2) is 18.9 Å². The number of aromatic nitrogens is 2. The quantitative estimate of drug-likeness (QED) is 0.181. The van der Waals surface area contributed by atoms with Gasteiger partial charge >= 0.3 is 5.97 Å². The first-order valence-electron chi connectivity index (χ1n) is 22.3. The highest BCUT2D eigenvalue weighted by molar-refractivity contribution is 6.08. The number of anilines is 1. The number of aliphatic hydroxyl groups excluding tert-OH is 1. The van der Waals surface area contributed by atoms with Crippen molar-refractivity contribution in [3.05, 3.63) is 42.1 Å². The smallest absolute Gasteiger partial charge is 0.351 e. The predicted molar refractivity (Wildman–Crippen MR) is 234 cm³/mol. The topological polar surface area (TPSA) is 219 Å². The first-order valence-corrected chi connectivity index (χ1v) is 22.3. The van der Waals surface area contributed by atoms with Gasteiger partial charge < -0.3 is 49.4 Å². The van der Waals surface area contributed by atoms with E-state index in [2.05, 4.69) is 10.3 Å². The van der Waals surface area contributed by atoms with E-state index >= 15 is 4.39 Å². The zero-order valence-corrected chi connectivity index (χ0v) is 38.7. The Morgan fingerprint density at radius 1 is 1.06 bits per heavy atom. The third kappa shape index (κ3) is 10.7. The number of oxime groups is 1. The fourth-order valence-electron chi connectivity index (χ4n) is 9.40. The number of aliphatic imine (C=N–C) groups is 1. The van der Waals surface area contributed by atoms with Crippen molar-refractivity contribution in [1.29, 1.82) is 0 Å². The Hall–Kier alpha value is -4.17. The van der Waals surface area contributed by atoms with E-state index in [1.54, 1.807) is 37.7 Å². The van der Waals surface area contributed by atoms with Gasteiger partial charge in [0.05, 0.1) is 42.8 Å². The summed E-state index contributed by atoms with van der Waals surface area (Å²) in [5.41, 5.74) is 1.14. The number of nitrogens with two attached hydrogens (primary N) is 1. The van der Waals surface area contributed by atoms with Crippen molar-refractivity contribution in [1.82, 2.24) is 14.7 Å². The van der Waals surface area contributed by atoms with Crippen molar-refractivity contribution >= 4 is 34.9 Å². The van der Waals surface area contributed by atoms with E-state index in [-0.39, 0.29) is 56.3 Å². The third-order valence-corrected chi connectivity index (χ3v) is 13.3. The molecule has 1 saturated carbocycles. The van der Waals surface area contributed by atoms with Crippen LogP contribution in [0, 0.1) is 23.7 Å². The summed E-state index contributed by atoms with van der Waals surface area (Å²) < 4.78 is 50.8. The Morgan fingerprint density at radius 3 is 2.36 bits per heavy atom. The Kier molecular flexibility index (Phi) is 15.2. The van der Waals surface area contributed by atoms with Crippen LogP contribution in [0.5, 0.6) is 0 Å². The second kappa shape index (κ2) is 19.7. The van der Waals surface area contributed by atoms with Crippen LogP contribution >= 0.6 is 0 Å². The second-order valence-corrected chi connectivity index (χ2v) is 19.0. The molecule has 354 valence electrons. The molecule has 2 bridgehead atoms. The van der Waals surface area contributed by atoms with E-state index in [4.69, 9.17) is 39.2 Å².